The van der Waals surface area contributed by atoms with Gasteiger partial charge in [0, 0.05) is 29.8 Å². The summed E-state index contributed by atoms with van der Waals surface area (Å²) < 4.78 is 2.55. The van der Waals surface area contributed by atoms with Crippen molar-refractivity contribution < 1.29 is 37.8 Å². The second-order valence-corrected chi connectivity index (χ2v) is 9.36. The van der Waals surface area contributed by atoms with Crippen molar-refractivity contribution in [1.29, 1.82) is 5.26 Å². The van der Waals surface area contributed by atoms with E-state index in [1.165, 1.54) is 33.9 Å². The van der Waals surface area contributed by atoms with E-state index in [2.05, 4.69) is 25.0 Å². The Morgan fingerprint density at radius 1 is 0.638 bits per heavy atom. The summed E-state index contributed by atoms with van der Waals surface area (Å²) in [5.74, 6) is -0.306. The molecule has 6 rings (SSSR count). The molecule has 2 heterocycles. The standard InChI is InChI=1S/2C17H12N4O2.Cr/c1-18-16-13(11-19-14-9-5-6-10-15(14)22)17(23)21(20-16)12-7-3-2-4-8-12;18-10-15-13(11-19-14-8-4-5-9-16(14)22)17(23)21(20-15)12-6-2-1-3-7-12;/h2-11,22-23H;1-9,11,22-23H;. The monoisotopic (exact) mass is 660 g/mol. The normalized spacial score (nSPS) is 10.5. The third-order valence-electron chi connectivity index (χ3n) is 6.42. The Hall–Kier alpha value is -6.65. The molecule has 4 N–H and O–H groups in total. The first-order chi connectivity index (χ1) is 22.4. The summed E-state index contributed by atoms with van der Waals surface area (Å²) in [5, 5.41) is 57.5. The van der Waals surface area contributed by atoms with Gasteiger partial charge in [0.2, 0.25) is 11.8 Å². The Kier molecular flexibility index (Phi) is 10.9. The van der Waals surface area contributed by atoms with Crippen molar-refractivity contribution in [2.45, 2.75) is 0 Å². The van der Waals surface area contributed by atoms with E-state index in [0.29, 0.717) is 22.7 Å². The van der Waals surface area contributed by atoms with Crippen LogP contribution in [0.2, 0.25) is 0 Å². The first-order valence-corrected chi connectivity index (χ1v) is 13.6. The van der Waals surface area contributed by atoms with Gasteiger partial charge in [0.25, 0.3) is 0 Å². The quantitative estimate of drug-likeness (QED) is 0.117. The van der Waals surface area contributed by atoms with Crippen molar-refractivity contribution in [3.8, 4) is 40.7 Å². The van der Waals surface area contributed by atoms with Gasteiger partial charge in [-0.3, -0.25) is 9.98 Å². The van der Waals surface area contributed by atoms with Crippen LogP contribution in [0.5, 0.6) is 23.3 Å². The van der Waals surface area contributed by atoms with Crippen molar-refractivity contribution >= 4 is 29.6 Å². The van der Waals surface area contributed by atoms with E-state index in [9.17, 15) is 25.7 Å². The molecule has 0 aliphatic heterocycles. The zero-order valence-electron chi connectivity index (χ0n) is 24.3. The van der Waals surface area contributed by atoms with Crippen molar-refractivity contribution in [2.24, 2.45) is 9.98 Å². The summed E-state index contributed by atoms with van der Waals surface area (Å²) in [6.45, 7) is 7.21. The molecule has 0 aliphatic carbocycles. The van der Waals surface area contributed by atoms with Gasteiger partial charge in [0.15, 0.2) is 5.69 Å². The van der Waals surface area contributed by atoms with E-state index in [0.717, 1.165) is 0 Å². The number of nitriles is 1. The number of phenols is 2. The first kappa shape index (κ1) is 33.2. The number of para-hydroxylation sites is 6. The average molecular weight is 661 g/mol. The number of phenolic OH excluding ortho intramolecular Hbond substituents is 2. The molecule has 0 unspecified atom stereocenters. The van der Waals surface area contributed by atoms with E-state index in [-0.39, 0.29) is 63.3 Å². The molecule has 47 heavy (non-hydrogen) atoms. The number of benzene rings is 4. The molecule has 0 saturated carbocycles. The maximum absolute atomic E-state index is 10.3. The van der Waals surface area contributed by atoms with Crippen LogP contribution in [0.1, 0.15) is 16.8 Å². The van der Waals surface area contributed by atoms with Crippen LogP contribution in [0.15, 0.2) is 119 Å². The molecule has 0 atom stereocenters. The first-order valence-electron chi connectivity index (χ1n) is 13.6. The molecule has 0 bridgehead atoms. The molecule has 2 aromatic heterocycles. The van der Waals surface area contributed by atoms with E-state index < -0.39 is 0 Å². The van der Waals surface area contributed by atoms with Gasteiger partial charge >= 0.3 is 5.82 Å². The molecule has 0 fully saturated rings. The van der Waals surface area contributed by atoms with Crippen LogP contribution >= 0.6 is 0 Å². The molecule has 0 spiro atoms. The van der Waals surface area contributed by atoms with Crippen LogP contribution in [0.3, 0.4) is 0 Å². The minimum Gasteiger partial charge on any atom is -0.506 e. The third-order valence-corrected chi connectivity index (χ3v) is 6.42. The molecule has 230 valence electrons. The molecule has 6 aromatic rings. The van der Waals surface area contributed by atoms with E-state index in [1.54, 1.807) is 72.8 Å². The summed E-state index contributed by atoms with van der Waals surface area (Å²) in [6, 6.07) is 33.0. The van der Waals surface area contributed by atoms with E-state index >= 15 is 0 Å². The van der Waals surface area contributed by atoms with Crippen molar-refractivity contribution in [3.05, 3.63) is 137 Å². The van der Waals surface area contributed by atoms with Crippen molar-refractivity contribution in [3.63, 3.8) is 0 Å². The van der Waals surface area contributed by atoms with Crippen LogP contribution in [-0.4, -0.2) is 52.4 Å². The largest absolute Gasteiger partial charge is 0.506 e. The molecule has 12 nitrogen and oxygen atoms in total. The van der Waals surface area contributed by atoms with Crippen LogP contribution in [0.25, 0.3) is 16.2 Å². The van der Waals surface area contributed by atoms with Gasteiger partial charge in [-0.05, 0) is 53.6 Å². The van der Waals surface area contributed by atoms with Gasteiger partial charge in [-0.2, -0.15) is 15.0 Å². The Balaban J connectivity index is 0.000000208. The SMILES string of the molecule is N#Cc1nn(-c2ccccc2)c(O)c1C=Nc1ccccc1O.[C-]#[N+]c1nn(-c2ccccc2)c(O)c1C=Nc1ccccc1O.[Cr]. The number of nitrogens with zero attached hydrogens (tertiary/aromatic N) is 8. The van der Waals surface area contributed by atoms with Crippen LogP contribution in [0.4, 0.5) is 17.2 Å². The number of rotatable bonds is 6. The number of hydrogen-bond acceptors (Lipinski definition) is 9. The number of aliphatic imine (C=N–C) groups is 2. The summed E-state index contributed by atoms with van der Waals surface area (Å²) in [4.78, 5) is 11.6. The number of aromatic hydroxyl groups is 4. The average Bonchev–Trinajstić information content (AvgIpc) is 3.59. The smallest absolute Gasteiger partial charge is 0.308 e. The van der Waals surface area contributed by atoms with Crippen LogP contribution in [-0.2, 0) is 17.4 Å². The molecule has 0 saturated heterocycles. The number of aromatic nitrogens is 4. The fraction of sp³-hybridized carbons (Fsp3) is 0. The fourth-order valence-electron chi connectivity index (χ4n) is 4.14. The Morgan fingerprint density at radius 2 is 1.06 bits per heavy atom. The van der Waals surface area contributed by atoms with Gasteiger partial charge in [0.1, 0.15) is 28.9 Å². The zero-order chi connectivity index (χ0) is 32.5. The van der Waals surface area contributed by atoms with Crippen molar-refractivity contribution in [1.82, 2.24) is 19.6 Å². The zero-order valence-corrected chi connectivity index (χ0v) is 25.6. The van der Waals surface area contributed by atoms with Crippen LogP contribution < -0.4 is 0 Å². The van der Waals surface area contributed by atoms with E-state index in [4.69, 9.17) is 6.57 Å². The third kappa shape index (κ3) is 7.54. The minimum atomic E-state index is -0.188. The molecule has 0 aliphatic rings. The van der Waals surface area contributed by atoms with Crippen LogP contribution in [0, 0.1) is 17.9 Å². The van der Waals surface area contributed by atoms with Gasteiger partial charge in [0.05, 0.1) is 22.5 Å². The molecular weight excluding hydrogens is 636 g/mol. The Morgan fingerprint density at radius 3 is 1.53 bits per heavy atom. The molecule has 4 aromatic carbocycles. The van der Waals surface area contributed by atoms with Gasteiger partial charge < -0.3 is 25.3 Å². The summed E-state index contributed by atoms with van der Waals surface area (Å²) in [6.07, 6.45) is 2.64. The van der Waals surface area contributed by atoms with Gasteiger partial charge in [-0.15, -0.1) is 4.68 Å². The summed E-state index contributed by atoms with van der Waals surface area (Å²) >= 11 is 0. The number of hydrogen-bond donors (Lipinski definition) is 4. The van der Waals surface area contributed by atoms with Crippen molar-refractivity contribution in [2.75, 3.05) is 0 Å². The molecule has 0 amide bonds. The summed E-state index contributed by atoms with van der Waals surface area (Å²) in [7, 11) is 0. The second-order valence-electron chi connectivity index (χ2n) is 9.36. The second kappa shape index (κ2) is 15.4. The predicted molar refractivity (Wildman–Crippen MR) is 172 cm³/mol. The van der Waals surface area contributed by atoms with E-state index in [1.807, 2.05) is 30.3 Å². The Bertz CT molecular complexity index is 1980. The maximum atomic E-state index is 10.3. The molecule has 0 radical (unpaired) electrons. The molecular formula is C34H24CrN8O4. The summed E-state index contributed by atoms with van der Waals surface area (Å²) in [5.41, 5.74) is 2.39. The predicted octanol–water partition coefficient (Wildman–Crippen LogP) is 6.49. The molecule has 13 heteroatoms. The topological polar surface area (TPSA) is 169 Å². The minimum absolute atomic E-state index is 0. The Labute approximate surface area is 279 Å². The van der Waals surface area contributed by atoms with Gasteiger partial charge in [-0.25, -0.2) is 0 Å². The maximum Gasteiger partial charge on any atom is 0.308 e. The fourth-order valence-corrected chi connectivity index (χ4v) is 4.14. The van der Waals surface area contributed by atoms with Gasteiger partial charge in [-0.1, -0.05) is 67.2 Å².